The molecule has 1 aromatic heterocycles. The van der Waals surface area contributed by atoms with Crippen LogP contribution < -0.4 is 10.1 Å². The molecule has 1 unspecified atom stereocenters. The number of nitrogens with zero attached hydrogens (tertiary/aromatic N) is 4. The summed E-state index contributed by atoms with van der Waals surface area (Å²) in [5, 5.41) is 12.0. The number of benzene rings is 1. The van der Waals surface area contributed by atoms with Gasteiger partial charge in [-0.05, 0) is 62.4 Å². The number of hydrogen-bond donors (Lipinski definition) is 1. The number of fused-ring (bicyclic) bond motifs is 8. The fourth-order valence-corrected chi connectivity index (χ4v) is 5.29. The molecule has 4 aliphatic heterocycles. The third-order valence-corrected chi connectivity index (χ3v) is 7.36. The first-order valence-corrected chi connectivity index (χ1v) is 12.4. The maximum Gasteiger partial charge on any atom is 0.226 e. The third kappa shape index (κ3) is 5.55. The normalized spacial score (nSPS) is 24.4. The molecule has 2 saturated heterocycles. The SMILES string of the molecule is O=C1NCCc2ccc(cc2)OCCCn2cc(nn2)CC12CCN(CC1CCOC1)CC2. The predicted octanol–water partition coefficient (Wildman–Crippen LogP) is 2.08. The number of aryl methyl sites for hydroxylation is 1. The Morgan fingerprint density at radius 2 is 1.97 bits per heavy atom. The number of carbonyl (C=O) groups excluding carboxylic acids is 1. The number of carbonyl (C=O) groups is 1. The molecule has 5 heterocycles. The van der Waals surface area contributed by atoms with E-state index in [4.69, 9.17) is 9.47 Å². The highest BCUT2D eigenvalue weighted by atomic mass is 16.5. The zero-order chi connectivity index (χ0) is 22.5. The van der Waals surface area contributed by atoms with Crippen LogP contribution in [0.4, 0.5) is 0 Å². The van der Waals surface area contributed by atoms with Crippen molar-refractivity contribution in [1.29, 1.82) is 0 Å². The molecule has 8 heteroatoms. The summed E-state index contributed by atoms with van der Waals surface area (Å²) >= 11 is 0. The van der Waals surface area contributed by atoms with Crippen LogP contribution in [0.2, 0.25) is 0 Å². The summed E-state index contributed by atoms with van der Waals surface area (Å²) < 4.78 is 13.3. The van der Waals surface area contributed by atoms with Crippen LogP contribution in [0, 0.1) is 11.3 Å². The van der Waals surface area contributed by atoms with Crippen molar-refractivity contribution in [3.63, 3.8) is 0 Å². The Morgan fingerprint density at radius 1 is 1.12 bits per heavy atom. The fourth-order valence-electron chi connectivity index (χ4n) is 5.29. The summed E-state index contributed by atoms with van der Waals surface area (Å²) in [6, 6.07) is 8.19. The van der Waals surface area contributed by atoms with Crippen LogP contribution in [0.3, 0.4) is 0 Å². The summed E-state index contributed by atoms with van der Waals surface area (Å²) in [7, 11) is 0. The molecule has 1 aromatic carbocycles. The monoisotopic (exact) mass is 453 g/mol. The Morgan fingerprint density at radius 3 is 2.76 bits per heavy atom. The third-order valence-electron chi connectivity index (χ3n) is 7.36. The second kappa shape index (κ2) is 10.2. The van der Waals surface area contributed by atoms with Crippen molar-refractivity contribution in [2.45, 2.75) is 45.1 Å². The highest BCUT2D eigenvalue weighted by molar-refractivity contribution is 5.83. The molecule has 4 bridgehead atoms. The zero-order valence-corrected chi connectivity index (χ0v) is 19.4. The first kappa shape index (κ1) is 22.3. The molecule has 1 spiro atoms. The van der Waals surface area contributed by atoms with Gasteiger partial charge < -0.3 is 19.7 Å². The number of hydrogen-bond acceptors (Lipinski definition) is 6. The highest BCUT2D eigenvalue weighted by Crippen LogP contribution is 2.36. The van der Waals surface area contributed by atoms with Gasteiger partial charge in [0.05, 0.1) is 24.3 Å². The van der Waals surface area contributed by atoms with Gasteiger partial charge in [-0.2, -0.15) is 0 Å². The Balaban J connectivity index is 1.30. The van der Waals surface area contributed by atoms with Crippen LogP contribution >= 0.6 is 0 Å². The molecule has 2 aromatic rings. The molecule has 2 fully saturated rings. The number of ether oxygens (including phenoxy) is 2. The fraction of sp³-hybridized carbons (Fsp3) is 0.640. The molecule has 1 N–H and O–H groups in total. The lowest BCUT2D eigenvalue weighted by molar-refractivity contribution is -0.134. The molecule has 33 heavy (non-hydrogen) atoms. The lowest BCUT2D eigenvalue weighted by Crippen LogP contribution is -2.51. The van der Waals surface area contributed by atoms with Gasteiger partial charge in [-0.15, -0.1) is 5.10 Å². The van der Waals surface area contributed by atoms with Gasteiger partial charge in [0, 0.05) is 45.3 Å². The smallest absolute Gasteiger partial charge is 0.226 e. The predicted molar refractivity (Wildman–Crippen MR) is 124 cm³/mol. The average Bonchev–Trinajstić information content (AvgIpc) is 3.51. The van der Waals surface area contributed by atoms with Crippen LogP contribution in [-0.2, 0) is 28.9 Å². The molecule has 6 rings (SSSR count). The van der Waals surface area contributed by atoms with Gasteiger partial charge in [-0.3, -0.25) is 9.48 Å². The molecule has 4 aliphatic rings. The molecule has 1 atom stereocenters. The summed E-state index contributed by atoms with van der Waals surface area (Å²) in [6.07, 6.45) is 7.16. The second-order valence-electron chi connectivity index (χ2n) is 9.81. The minimum Gasteiger partial charge on any atom is -0.494 e. The van der Waals surface area contributed by atoms with E-state index in [1.807, 2.05) is 23.0 Å². The molecule has 0 saturated carbocycles. The number of rotatable bonds is 2. The van der Waals surface area contributed by atoms with Crippen molar-refractivity contribution in [3.05, 3.63) is 41.7 Å². The Hall–Kier alpha value is -2.45. The van der Waals surface area contributed by atoms with Gasteiger partial charge in [0.25, 0.3) is 0 Å². The number of nitrogens with one attached hydrogen (secondary N) is 1. The molecular weight excluding hydrogens is 418 g/mol. The van der Waals surface area contributed by atoms with Gasteiger partial charge in [0.2, 0.25) is 5.91 Å². The van der Waals surface area contributed by atoms with Crippen molar-refractivity contribution >= 4 is 5.91 Å². The van der Waals surface area contributed by atoms with Crippen molar-refractivity contribution in [2.24, 2.45) is 11.3 Å². The van der Waals surface area contributed by atoms with Gasteiger partial charge in [0.15, 0.2) is 0 Å². The highest BCUT2D eigenvalue weighted by Gasteiger charge is 2.42. The van der Waals surface area contributed by atoms with E-state index in [9.17, 15) is 4.79 Å². The average molecular weight is 454 g/mol. The lowest BCUT2D eigenvalue weighted by Gasteiger charge is -2.41. The molecule has 0 radical (unpaired) electrons. The summed E-state index contributed by atoms with van der Waals surface area (Å²) in [6.45, 7) is 6.74. The van der Waals surface area contributed by atoms with Crippen molar-refractivity contribution in [2.75, 3.05) is 46.0 Å². The molecule has 0 aliphatic carbocycles. The molecule has 1 amide bonds. The van der Waals surface area contributed by atoms with E-state index in [2.05, 4.69) is 32.7 Å². The van der Waals surface area contributed by atoms with Gasteiger partial charge in [-0.25, -0.2) is 0 Å². The molecule has 8 nitrogen and oxygen atoms in total. The topological polar surface area (TPSA) is 81.5 Å². The van der Waals surface area contributed by atoms with Gasteiger partial charge in [0.1, 0.15) is 5.75 Å². The number of amides is 1. The van der Waals surface area contributed by atoms with E-state index in [0.717, 1.165) is 82.9 Å². The second-order valence-corrected chi connectivity index (χ2v) is 9.81. The summed E-state index contributed by atoms with van der Waals surface area (Å²) in [5.41, 5.74) is 1.68. The lowest BCUT2D eigenvalue weighted by atomic mass is 9.73. The van der Waals surface area contributed by atoms with Crippen molar-refractivity contribution in [1.82, 2.24) is 25.2 Å². The summed E-state index contributed by atoms with van der Waals surface area (Å²) in [4.78, 5) is 16.1. The standard InChI is InChI=1S/C25H35N5O3/c31-24-25(8-12-29(13-9-25)17-21-7-15-32-19-21)16-22-18-30(28-27-22)11-1-14-33-23-4-2-20(3-5-23)6-10-26-24/h2-5,18,21H,1,6-17,19H2,(H,26,31). The zero-order valence-electron chi connectivity index (χ0n) is 19.4. The van der Waals surface area contributed by atoms with E-state index in [0.29, 0.717) is 25.5 Å². The van der Waals surface area contributed by atoms with E-state index in [-0.39, 0.29) is 5.91 Å². The van der Waals surface area contributed by atoms with E-state index >= 15 is 0 Å². The van der Waals surface area contributed by atoms with Gasteiger partial charge >= 0.3 is 0 Å². The first-order chi connectivity index (χ1) is 16.2. The van der Waals surface area contributed by atoms with Crippen LogP contribution in [0.25, 0.3) is 0 Å². The Kier molecular flexibility index (Phi) is 6.92. The Bertz CT molecular complexity index is 914. The minimum absolute atomic E-state index is 0.158. The van der Waals surface area contributed by atoms with Crippen LogP contribution in [0.1, 0.15) is 36.9 Å². The minimum atomic E-state index is -0.426. The van der Waals surface area contributed by atoms with Crippen LogP contribution in [0.5, 0.6) is 5.75 Å². The number of aromatic nitrogens is 3. The molecule has 178 valence electrons. The van der Waals surface area contributed by atoms with E-state index in [1.165, 1.54) is 5.56 Å². The van der Waals surface area contributed by atoms with Crippen molar-refractivity contribution < 1.29 is 14.3 Å². The number of likely N-dealkylation sites (tertiary alicyclic amines) is 1. The maximum absolute atomic E-state index is 13.5. The van der Waals surface area contributed by atoms with Gasteiger partial charge in [-0.1, -0.05) is 17.3 Å². The summed E-state index contributed by atoms with van der Waals surface area (Å²) in [5.74, 6) is 1.66. The Labute approximate surface area is 195 Å². The quantitative estimate of drug-likeness (QED) is 0.750. The number of piperidine rings is 1. The van der Waals surface area contributed by atoms with Crippen LogP contribution in [-0.4, -0.2) is 71.8 Å². The van der Waals surface area contributed by atoms with E-state index in [1.54, 1.807) is 0 Å². The maximum atomic E-state index is 13.5. The van der Waals surface area contributed by atoms with E-state index < -0.39 is 5.41 Å². The van der Waals surface area contributed by atoms with Crippen LogP contribution in [0.15, 0.2) is 30.5 Å². The largest absolute Gasteiger partial charge is 0.494 e. The van der Waals surface area contributed by atoms with Crippen molar-refractivity contribution in [3.8, 4) is 5.75 Å². The molecular formula is C25H35N5O3. The first-order valence-electron chi connectivity index (χ1n) is 12.4.